The third-order valence-electron chi connectivity index (χ3n) is 5.39. The lowest BCUT2D eigenvalue weighted by Crippen LogP contribution is -2.41. The normalized spacial score (nSPS) is 27.0. The van der Waals surface area contributed by atoms with Crippen LogP contribution in [0.1, 0.15) is 53.5 Å². The van der Waals surface area contributed by atoms with E-state index in [1.54, 1.807) is 0 Å². The Bertz CT molecular complexity index is 650. The quantitative estimate of drug-likeness (QED) is 0.728. The van der Waals surface area contributed by atoms with Crippen LogP contribution in [0.15, 0.2) is 30.0 Å². The second-order valence-corrected chi connectivity index (χ2v) is 8.02. The lowest BCUT2D eigenvalue weighted by Gasteiger charge is -2.32. The zero-order valence-corrected chi connectivity index (χ0v) is 15.4. The molecule has 0 radical (unpaired) electrons. The SMILES string of the molecule is CC(C)C1CC(=C(F)B2OC(C)(C)C(C)(C)O2)c2ccccc2O1. The van der Waals surface area contributed by atoms with E-state index in [1.807, 2.05) is 52.0 Å². The van der Waals surface area contributed by atoms with Crippen LogP contribution in [0.3, 0.4) is 0 Å². The number of fused-ring (bicyclic) bond motifs is 1. The minimum absolute atomic E-state index is 0.0527. The number of ether oxygens (including phenoxy) is 1. The highest BCUT2D eigenvalue weighted by Gasteiger charge is 2.54. The standard InChI is InChI=1S/C19H26BFO3/c1-12(2)16-11-14(13-9-7-8-10-15(13)22-16)17(21)20-23-18(3,4)19(5,6)24-20/h7-10,12,16H,11H2,1-6H3. The van der Waals surface area contributed by atoms with E-state index in [1.165, 1.54) is 0 Å². The van der Waals surface area contributed by atoms with E-state index >= 15 is 4.39 Å². The number of para-hydroxylation sites is 1. The van der Waals surface area contributed by atoms with Gasteiger partial charge in [0.1, 0.15) is 17.6 Å². The molecule has 1 aromatic rings. The van der Waals surface area contributed by atoms with Gasteiger partial charge in [0.2, 0.25) is 0 Å². The van der Waals surface area contributed by atoms with Crippen LogP contribution in [-0.4, -0.2) is 24.4 Å². The van der Waals surface area contributed by atoms with Gasteiger partial charge in [-0.25, -0.2) is 4.39 Å². The molecule has 1 unspecified atom stereocenters. The summed E-state index contributed by atoms with van der Waals surface area (Å²) in [6, 6.07) is 7.59. The van der Waals surface area contributed by atoms with E-state index in [2.05, 4.69) is 13.8 Å². The number of halogens is 1. The van der Waals surface area contributed by atoms with Crippen LogP contribution < -0.4 is 4.74 Å². The van der Waals surface area contributed by atoms with Crippen molar-refractivity contribution < 1.29 is 18.4 Å². The average Bonchev–Trinajstić information content (AvgIpc) is 2.73. The Morgan fingerprint density at radius 1 is 1.12 bits per heavy atom. The predicted molar refractivity (Wildman–Crippen MR) is 94.4 cm³/mol. The van der Waals surface area contributed by atoms with Crippen molar-refractivity contribution >= 4 is 12.7 Å². The maximum atomic E-state index is 15.4. The first-order valence-electron chi connectivity index (χ1n) is 8.62. The van der Waals surface area contributed by atoms with Crippen molar-refractivity contribution in [3.05, 3.63) is 35.6 Å². The van der Waals surface area contributed by atoms with Gasteiger partial charge in [0.05, 0.1) is 11.2 Å². The molecule has 0 aliphatic carbocycles. The third-order valence-corrected chi connectivity index (χ3v) is 5.39. The van der Waals surface area contributed by atoms with Gasteiger partial charge in [-0.15, -0.1) is 0 Å². The summed E-state index contributed by atoms with van der Waals surface area (Å²) >= 11 is 0. The van der Waals surface area contributed by atoms with Crippen molar-refractivity contribution in [2.24, 2.45) is 5.92 Å². The molecular weight excluding hydrogens is 306 g/mol. The monoisotopic (exact) mass is 332 g/mol. The summed E-state index contributed by atoms with van der Waals surface area (Å²) in [5.41, 5.74) is -0.0271. The van der Waals surface area contributed by atoms with Crippen molar-refractivity contribution in [2.45, 2.75) is 65.3 Å². The minimum atomic E-state index is -0.969. The van der Waals surface area contributed by atoms with E-state index in [0.29, 0.717) is 17.9 Å². The molecule has 24 heavy (non-hydrogen) atoms. The van der Waals surface area contributed by atoms with Crippen LogP contribution in [-0.2, 0) is 9.31 Å². The van der Waals surface area contributed by atoms with E-state index in [4.69, 9.17) is 14.0 Å². The summed E-state index contributed by atoms with van der Waals surface area (Å²) in [6.45, 7) is 11.9. The summed E-state index contributed by atoms with van der Waals surface area (Å²) in [4.78, 5) is 0. The van der Waals surface area contributed by atoms with Gasteiger partial charge in [0.25, 0.3) is 0 Å². The second kappa shape index (κ2) is 5.89. The molecule has 3 rings (SSSR count). The molecule has 0 bridgehead atoms. The lowest BCUT2D eigenvalue weighted by molar-refractivity contribution is 0.00578. The minimum Gasteiger partial charge on any atom is -0.489 e. The molecule has 130 valence electrons. The van der Waals surface area contributed by atoms with E-state index in [0.717, 1.165) is 11.3 Å². The summed E-state index contributed by atoms with van der Waals surface area (Å²) in [7, 11) is -0.969. The largest absolute Gasteiger partial charge is 0.525 e. The average molecular weight is 332 g/mol. The summed E-state index contributed by atoms with van der Waals surface area (Å²) in [6.07, 6.45) is 0.466. The molecular formula is C19H26BFO3. The number of hydrogen-bond acceptors (Lipinski definition) is 3. The van der Waals surface area contributed by atoms with Crippen LogP contribution in [0.5, 0.6) is 5.75 Å². The zero-order chi connectivity index (χ0) is 17.7. The van der Waals surface area contributed by atoms with Crippen molar-refractivity contribution in [3.8, 4) is 5.75 Å². The van der Waals surface area contributed by atoms with Gasteiger partial charge in [0, 0.05) is 12.0 Å². The summed E-state index contributed by atoms with van der Waals surface area (Å²) < 4.78 is 33.2. The van der Waals surface area contributed by atoms with Gasteiger partial charge < -0.3 is 14.0 Å². The Hall–Kier alpha value is -1.33. The molecule has 1 aromatic carbocycles. The molecule has 1 saturated heterocycles. The molecule has 0 spiro atoms. The Balaban J connectivity index is 2.01. The van der Waals surface area contributed by atoms with Crippen LogP contribution in [0, 0.1) is 5.92 Å². The Morgan fingerprint density at radius 3 is 2.29 bits per heavy atom. The van der Waals surface area contributed by atoms with Crippen LogP contribution in [0.2, 0.25) is 0 Å². The fraction of sp³-hybridized carbons (Fsp3) is 0.579. The molecule has 2 aliphatic rings. The van der Waals surface area contributed by atoms with Crippen molar-refractivity contribution in [3.63, 3.8) is 0 Å². The Morgan fingerprint density at radius 2 is 1.71 bits per heavy atom. The molecule has 0 amide bonds. The first-order valence-corrected chi connectivity index (χ1v) is 8.62. The summed E-state index contributed by atoms with van der Waals surface area (Å²) in [5, 5.41) is 0. The number of rotatable bonds is 2. The van der Waals surface area contributed by atoms with Gasteiger partial charge in [0.15, 0.2) is 0 Å². The highest BCUT2D eigenvalue weighted by atomic mass is 19.1. The van der Waals surface area contributed by atoms with Crippen LogP contribution >= 0.6 is 0 Å². The van der Waals surface area contributed by atoms with Crippen LogP contribution in [0.25, 0.3) is 5.57 Å². The predicted octanol–water partition coefficient (Wildman–Crippen LogP) is 4.81. The van der Waals surface area contributed by atoms with Crippen molar-refractivity contribution in [1.29, 1.82) is 0 Å². The topological polar surface area (TPSA) is 27.7 Å². The maximum absolute atomic E-state index is 15.4. The molecule has 1 atom stereocenters. The number of benzene rings is 1. The smallest absolute Gasteiger partial charge is 0.489 e. The molecule has 1 fully saturated rings. The Labute approximate surface area is 144 Å². The van der Waals surface area contributed by atoms with Crippen LogP contribution in [0.4, 0.5) is 4.39 Å². The molecule has 2 aliphatic heterocycles. The fourth-order valence-electron chi connectivity index (χ4n) is 3.02. The highest BCUT2D eigenvalue weighted by Crippen LogP contribution is 2.44. The molecule has 2 heterocycles. The maximum Gasteiger partial charge on any atom is 0.525 e. The van der Waals surface area contributed by atoms with E-state index in [9.17, 15) is 0 Å². The van der Waals surface area contributed by atoms with Gasteiger partial charge in [-0.3, -0.25) is 0 Å². The lowest BCUT2D eigenvalue weighted by atomic mass is 9.79. The molecule has 0 N–H and O–H groups in total. The van der Waals surface area contributed by atoms with E-state index in [-0.39, 0.29) is 11.8 Å². The van der Waals surface area contributed by atoms with Crippen molar-refractivity contribution in [2.75, 3.05) is 0 Å². The first-order chi connectivity index (χ1) is 11.1. The second-order valence-electron chi connectivity index (χ2n) is 8.02. The van der Waals surface area contributed by atoms with Gasteiger partial charge in [-0.2, -0.15) is 0 Å². The molecule has 0 aromatic heterocycles. The first kappa shape index (κ1) is 17.5. The van der Waals surface area contributed by atoms with Gasteiger partial charge in [-0.05, 0) is 45.3 Å². The fourth-order valence-corrected chi connectivity index (χ4v) is 3.02. The third kappa shape index (κ3) is 2.88. The van der Waals surface area contributed by atoms with Crippen molar-refractivity contribution in [1.82, 2.24) is 0 Å². The molecule has 0 saturated carbocycles. The number of hydrogen-bond donors (Lipinski definition) is 0. The highest BCUT2D eigenvalue weighted by molar-refractivity contribution is 6.55. The van der Waals surface area contributed by atoms with E-state index < -0.39 is 18.3 Å². The molecule has 3 nitrogen and oxygen atoms in total. The zero-order valence-electron chi connectivity index (χ0n) is 15.4. The Kier molecular flexibility index (Phi) is 4.29. The van der Waals surface area contributed by atoms with Gasteiger partial charge >= 0.3 is 7.12 Å². The summed E-state index contributed by atoms with van der Waals surface area (Å²) in [5.74, 6) is 1.02. The molecule has 5 heteroatoms. The van der Waals surface area contributed by atoms with Gasteiger partial charge in [-0.1, -0.05) is 32.0 Å².